The van der Waals surface area contributed by atoms with E-state index in [1.165, 1.54) is 10.4 Å². The van der Waals surface area contributed by atoms with E-state index < -0.39 is 0 Å². The third-order valence-electron chi connectivity index (χ3n) is 4.97. The van der Waals surface area contributed by atoms with Gasteiger partial charge < -0.3 is 4.74 Å². The van der Waals surface area contributed by atoms with E-state index in [2.05, 4.69) is 58.2 Å². The van der Waals surface area contributed by atoms with Crippen molar-refractivity contribution in [1.82, 2.24) is 4.98 Å². The van der Waals surface area contributed by atoms with Gasteiger partial charge in [0.2, 0.25) is 5.13 Å². The van der Waals surface area contributed by atoms with E-state index >= 15 is 0 Å². The first kappa shape index (κ1) is 18.1. The summed E-state index contributed by atoms with van der Waals surface area (Å²) in [6.07, 6.45) is 0.877. The average molecular weight is 418 g/mol. The summed E-state index contributed by atoms with van der Waals surface area (Å²) in [5.74, 6) is 0.845. The molecule has 0 bridgehead atoms. The predicted molar refractivity (Wildman–Crippen MR) is 121 cm³/mol. The maximum atomic E-state index is 5.26. The minimum absolute atomic E-state index is 0.156. The van der Waals surface area contributed by atoms with Gasteiger partial charge in [0.1, 0.15) is 5.75 Å². The van der Waals surface area contributed by atoms with Crippen LogP contribution in [0.3, 0.4) is 0 Å². The van der Waals surface area contributed by atoms with Crippen LogP contribution < -0.4 is 9.75 Å². The SMILES string of the molecule is COc1ccc(-c2csc(N3N=C(c4cccs4)C[C@@H]3c3ccccc3)n2)cc1. The standard InChI is InChI=1S/C23H19N3OS2/c1-27-18-11-9-16(10-12-18)20-15-29-23(24-20)26-21(17-6-3-2-4-7-17)14-19(25-26)22-8-5-13-28-22/h2-13,15,21H,14H2,1H3/t21-/m1/s1. The second-order valence-electron chi connectivity index (χ2n) is 6.74. The highest BCUT2D eigenvalue weighted by molar-refractivity contribution is 7.14. The summed E-state index contributed by atoms with van der Waals surface area (Å²) in [6.45, 7) is 0. The molecule has 5 rings (SSSR count). The number of hydrogen-bond donors (Lipinski definition) is 0. The van der Waals surface area contributed by atoms with Crippen LogP contribution in [0.25, 0.3) is 11.3 Å². The third kappa shape index (κ3) is 3.57. The molecule has 1 aliphatic rings. The van der Waals surface area contributed by atoms with Crippen molar-refractivity contribution in [2.24, 2.45) is 5.10 Å². The Balaban J connectivity index is 1.50. The van der Waals surface area contributed by atoms with Crippen molar-refractivity contribution in [3.63, 3.8) is 0 Å². The molecule has 1 aliphatic heterocycles. The zero-order valence-corrected chi connectivity index (χ0v) is 17.5. The van der Waals surface area contributed by atoms with Crippen LogP contribution in [0.5, 0.6) is 5.75 Å². The molecule has 0 spiro atoms. The molecule has 3 heterocycles. The number of thiazole rings is 1. The van der Waals surface area contributed by atoms with Crippen LogP contribution >= 0.6 is 22.7 Å². The highest BCUT2D eigenvalue weighted by atomic mass is 32.1. The van der Waals surface area contributed by atoms with Crippen molar-refractivity contribution < 1.29 is 4.74 Å². The fourth-order valence-electron chi connectivity index (χ4n) is 3.48. The number of rotatable bonds is 5. The molecular weight excluding hydrogens is 398 g/mol. The van der Waals surface area contributed by atoms with Gasteiger partial charge in [-0.15, -0.1) is 22.7 Å². The predicted octanol–water partition coefficient (Wildman–Crippen LogP) is 6.24. The van der Waals surface area contributed by atoms with Gasteiger partial charge in [-0.25, -0.2) is 9.99 Å². The second kappa shape index (κ2) is 7.81. The molecule has 0 aliphatic carbocycles. The Bertz CT molecular complexity index is 1120. The van der Waals surface area contributed by atoms with E-state index in [1.807, 2.05) is 24.3 Å². The lowest BCUT2D eigenvalue weighted by Gasteiger charge is -2.21. The summed E-state index contributed by atoms with van der Waals surface area (Å²) in [4.78, 5) is 6.13. The first-order valence-electron chi connectivity index (χ1n) is 9.37. The topological polar surface area (TPSA) is 37.7 Å². The number of ether oxygens (including phenoxy) is 1. The number of anilines is 1. The molecule has 0 fully saturated rings. The maximum absolute atomic E-state index is 5.26. The van der Waals surface area contributed by atoms with Gasteiger partial charge in [-0.2, -0.15) is 5.10 Å². The molecule has 1 atom stereocenters. The zero-order valence-electron chi connectivity index (χ0n) is 15.9. The number of nitrogens with zero attached hydrogens (tertiary/aromatic N) is 3. The molecule has 0 amide bonds. The second-order valence-corrected chi connectivity index (χ2v) is 8.53. The Morgan fingerprint density at radius 2 is 1.79 bits per heavy atom. The number of thiophene rings is 1. The number of methoxy groups -OCH3 is 1. The molecule has 0 radical (unpaired) electrons. The van der Waals surface area contributed by atoms with Gasteiger partial charge in [0.15, 0.2) is 0 Å². The lowest BCUT2D eigenvalue weighted by Crippen LogP contribution is -2.18. The first-order chi connectivity index (χ1) is 14.3. The Morgan fingerprint density at radius 3 is 2.52 bits per heavy atom. The molecule has 2 aromatic carbocycles. The fraction of sp³-hybridized carbons (Fsp3) is 0.130. The van der Waals surface area contributed by atoms with Gasteiger partial charge in [0.25, 0.3) is 0 Å². The first-order valence-corrected chi connectivity index (χ1v) is 11.1. The summed E-state index contributed by atoms with van der Waals surface area (Å²) in [6, 6.07) is 22.9. The van der Waals surface area contributed by atoms with Crippen molar-refractivity contribution in [2.75, 3.05) is 12.1 Å². The molecular formula is C23H19N3OS2. The number of hydrazone groups is 1. The van der Waals surface area contributed by atoms with Gasteiger partial charge in [-0.1, -0.05) is 36.4 Å². The van der Waals surface area contributed by atoms with Crippen LogP contribution in [-0.4, -0.2) is 17.8 Å². The highest BCUT2D eigenvalue weighted by Crippen LogP contribution is 2.39. The normalized spacial score (nSPS) is 16.1. The number of benzene rings is 2. The lowest BCUT2D eigenvalue weighted by molar-refractivity contribution is 0.415. The Labute approximate surface area is 177 Å². The summed E-state index contributed by atoms with van der Waals surface area (Å²) in [5, 5.41) is 12.2. The van der Waals surface area contributed by atoms with Crippen molar-refractivity contribution >= 4 is 33.5 Å². The molecule has 4 nitrogen and oxygen atoms in total. The van der Waals surface area contributed by atoms with Gasteiger partial charge >= 0.3 is 0 Å². The Kier molecular flexibility index (Phi) is 4.87. The van der Waals surface area contributed by atoms with E-state index in [-0.39, 0.29) is 6.04 Å². The summed E-state index contributed by atoms with van der Waals surface area (Å²) >= 11 is 3.36. The van der Waals surface area contributed by atoms with Crippen LogP contribution in [-0.2, 0) is 0 Å². The largest absolute Gasteiger partial charge is 0.497 e. The van der Waals surface area contributed by atoms with Gasteiger partial charge in [-0.3, -0.25) is 0 Å². The van der Waals surface area contributed by atoms with E-state index in [0.29, 0.717) is 0 Å². The maximum Gasteiger partial charge on any atom is 0.207 e. The van der Waals surface area contributed by atoms with Crippen LogP contribution in [0, 0.1) is 0 Å². The smallest absolute Gasteiger partial charge is 0.207 e. The molecule has 0 saturated carbocycles. The minimum Gasteiger partial charge on any atom is -0.497 e. The monoisotopic (exact) mass is 417 g/mol. The molecule has 2 aromatic heterocycles. The molecule has 0 unspecified atom stereocenters. The lowest BCUT2D eigenvalue weighted by atomic mass is 10.0. The van der Waals surface area contributed by atoms with Gasteiger partial charge in [0.05, 0.1) is 29.4 Å². The van der Waals surface area contributed by atoms with Gasteiger partial charge in [0, 0.05) is 17.4 Å². The quantitative estimate of drug-likeness (QED) is 0.386. The van der Waals surface area contributed by atoms with Crippen LogP contribution in [0.1, 0.15) is 22.9 Å². The molecule has 144 valence electrons. The summed E-state index contributed by atoms with van der Waals surface area (Å²) in [5.41, 5.74) is 4.41. The van der Waals surface area contributed by atoms with Crippen LogP contribution in [0.4, 0.5) is 5.13 Å². The summed E-state index contributed by atoms with van der Waals surface area (Å²) < 4.78 is 5.26. The number of hydrogen-bond acceptors (Lipinski definition) is 6. The van der Waals surface area contributed by atoms with Crippen molar-refractivity contribution in [3.8, 4) is 17.0 Å². The fourth-order valence-corrected chi connectivity index (χ4v) is 5.03. The minimum atomic E-state index is 0.156. The van der Waals surface area contributed by atoms with Crippen molar-refractivity contribution in [2.45, 2.75) is 12.5 Å². The van der Waals surface area contributed by atoms with E-state index in [9.17, 15) is 0 Å². The van der Waals surface area contributed by atoms with Gasteiger partial charge in [-0.05, 0) is 41.3 Å². The Hall–Kier alpha value is -2.96. The third-order valence-corrected chi connectivity index (χ3v) is 6.72. The van der Waals surface area contributed by atoms with Crippen molar-refractivity contribution in [3.05, 3.63) is 87.9 Å². The van der Waals surface area contributed by atoms with Crippen LogP contribution in [0.2, 0.25) is 0 Å². The average Bonchev–Trinajstić information content (AvgIpc) is 3.54. The zero-order chi connectivity index (χ0) is 19.6. The molecule has 0 N–H and O–H groups in total. The van der Waals surface area contributed by atoms with E-state index in [0.717, 1.165) is 34.3 Å². The summed E-state index contributed by atoms with van der Waals surface area (Å²) in [7, 11) is 1.68. The number of aromatic nitrogens is 1. The molecule has 29 heavy (non-hydrogen) atoms. The van der Waals surface area contributed by atoms with Crippen LogP contribution in [0.15, 0.2) is 82.6 Å². The molecule has 0 saturated heterocycles. The molecule has 4 aromatic rings. The highest BCUT2D eigenvalue weighted by Gasteiger charge is 2.32. The van der Waals surface area contributed by atoms with E-state index in [1.54, 1.807) is 29.8 Å². The molecule has 6 heteroatoms. The Morgan fingerprint density at radius 1 is 0.966 bits per heavy atom. The van der Waals surface area contributed by atoms with E-state index in [4.69, 9.17) is 14.8 Å². The van der Waals surface area contributed by atoms with Crippen molar-refractivity contribution in [1.29, 1.82) is 0 Å².